The quantitative estimate of drug-likeness (QED) is 0.431. The van der Waals surface area contributed by atoms with E-state index < -0.39 is 41.8 Å². The van der Waals surface area contributed by atoms with Crippen molar-refractivity contribution in [3.63, 3.8) is 0 Å². The Morgan fingerprint density at radius 1 is 1.10 bits per heavy atom. The van der Waals surface area contributed by atoms with Gasteiger partial charge in [0.25, 0.3) is 5.91 Å². The van der Waals surface area contributed by atoms with Crippen LogP contribution in [0.4, 0.5) is 18.9 Å². The highest BCUT2D eigenvalue weighted by molar-refractivity contribution is 5.93. The molecule has 1 aliphatic rings. The lowest BCUT2D eigenvalue weighted by molar-refractivity contribution is -0.139. The van der Waals surface area contributed by atoms with Gasteiger partial charge in [-0.15, -0.1) is 0 Å². The Morgan fingerprint density at radius 3 is 2.46 bits per heavy atom. The van der Waals surface area contributed by atoms with Gasteiger partial charge in [-0.05, 0) is 50.6 Å². The molecule has 1 unspecified atom stereocenters. The van der Waals surface area contributed by atoms with Gasteiger partial charge in [0, 0.05) is 0 Å². The molecule has 0 aromatic heterocycles. The van der Waals surface area contributed by atoms with Crippen LogP contribution in [0.15, 0.2) is 65.3 Å². The monoisotopic (exact) mass is 545 g/mol. The predicted octanol–water partition coefficient (Wildman–Crippen LogP) is 4.77. The second-order valence-electron chi connectivity index (χ2n) is 8.13. The first-order valence-corrected chi connectivity index (χ1v) is 11.8. The average Bonchev–Trinajstić information content (AvgIpc) is 2.87. The lowest BCUT2D eigenvalue weighted by atomic mass is 9.83. The average molecular weight is 546 g/mol. The van der Waals surface area contributed by atoms with Crippen molar-refractivity contribution in [3.8, 4) is 17.6 Å². The molecule has 0 saturated carbocycles. The standard InChI is InChI=1S/C27H26F3N3O6/c1-4-36-21-12-16(24-17(13-31)25(32)39-15(3)23(24)26(35)37-5-2)10-11-20(21)38-14-22(34)33-19-9-7-6-8-18(19)27(28,29)30/h6-12,24H,4-5,14,32H2,1-3H3,(H,33,34). The van der Waals surface area contributed by atoms with E-state index in [1.807, 2.05) is 6.07 Å². The molecule has 0 spiro atoms. The Morgan fingerprint density at radius 2 is 1.82 bits per heavy atom. The van der Waals surface area contributed by atoms with Crippen LogP contribution in [0.25, 0.3) is 0 Å². The second-order valence-corrected chi connectivity index (χ2v) is 8.13. The van der Waals surface area contributed by atoms with E-state index in [1.54, 1.807) is 19.9 Å². The van der Waals surface area contributed by atoms with Gasteiger partial charge in [-0.1, -0.05) is 18.2 Å². The lowest BCUT2D eigenvalue weighted by Gasteiger charge is -2.27. The Labute approximate surface area is 222 Å². The van der Waals surface area contributed by atoms with Crippen LogP contribution in [-0.4, -0.2) is 31.7 Å². The van der Waals surface area contributed by atoms with Crippen molar-refractivity contribution in [3.05, 3.63) is 76.4 Å². The van der Waals surface area contributed by atoms with Gasteiger partial charge in [0.05, 0.1) is 36.0 Å². The summed E-state index contributed by atoms with van der Waals surface area (Å²) < 4.78 is 61.5. The highest BCUT2D eigenvalue weighted by atomic mass is 19.4. The number of hydrogen-bond donors (Lipinski definition) is 2. The minimum absolute atomic E-state index is 0.0116. The normalized spacial score (nSPS) is 15.3. The van der Waals surface area contributed by atoms with Gasteiger partial charge >= 0.3 is 12.1 Å². The van der Waals surface area contributed by atoms with Crippen LogP contribution in [0, 0.1) is 11.3 Å². The highest BCUT2D eigenvalue weighted by Crippen LogP contribution is 2.42. The third-order valence-electron chi connectivity index (χ3n) is 5.57. The van der Waals surface area contributed by atoms with Crippen LogP contribution >= 0.6 is 0 Å². The molecule has 0 radical (unpaired) electrons. The fraction of sp³-hybridized carbons (Fsp3) is 0.296. The third-order valence-corrected chi connectivity index (χ3v) is 5.57. The van der Waals surface area contributed by atoms with Gasteiger partial charge in [0.1, 0.15) is 17.4 Å². The van der Waals surface area contributed by atoms with E-state index in [-0.39, 0.29) is 47.5 Å². The maximum absolute atomic E-state index is 13.2. The smallest absolute Gasteiger partial charge is 0.418 e. The van der Waals surface area contributed by atoms with Gasteiger partial charge < -0.3 is 30.0 Å². The minimum atomic E-state index is -4.65. The molecule has 12 heteroatoms. The molecule has 39 heavy (non-hydrogen) atoms. The molecule has 2 aromatic carbocycles. The van der Waals surface area contributed by atoms with E-state index in [0.717, 1.165) is 12.1 Å². The molecule has 206 valence electrons. The molecular formula is C27H26F3N3O6. The number of carbonyl (C=O) groups excluding carboxylic acids is 2. The first-order valence-electron chi connectivity index (χ1n) is 11.8. The van der Waals surface area contributed by atoms with Crippen LogP contribution in [-0.2, 0) is 25.2 Å². The maximum atomic E-state index is 13.2. The summed E-state index contributed by atoms with van der Waals surface area (Å²) in [6.07, 6.45) is -4.65. The van der Waals surface area contributed by atoms with Crippen LogP contribution < -0.4 is 20.5 Å². The van der Waals surface area contributed by atoms with E-state index >= 15 is 0 Å². The number of benzene rings is 2. The Kier molecular flexibility index (Phi) is 9.08. The van der Waals surface area contributed by atoms with Crippen molar-refractivity contribution in [2.24, 2.45) is 5.73 Å². The van der Waals surface area contributed by atoms with E-state index in [2.05, 4.69) is 5.32 Å². The molecule has 2 aromatic rings. The summed E-state index contributed by atoms with van der Waals surface area (Å²) >= 11 is 0. The van der Waals surface area contributed by atoms with Crippen molar-refractivity contribution in [2.75, 3.05) is 25.1 Å². The number of nitriles is 1. The molecular weight excluding hydrogens is 519 g/mol. The molecule has 0 aliphatic carbocycles. The topological polar surface area (TPSA) is 133 Å². The van der Waals surface area contributed by atoms with Crippen LogP contribution in [0.1, 0.15) is 37.8 Å². The minimum Gasteiger partial charge on any atom is -0.490 e. The number of nitrogens with two attached hydrogens (primary N) is 1. The Balaban J connectivity index is 1.89. The predicted molar refractivity (Wildman–Crippen MR) is 133 cm³/mol. The number of carbonyl (C=O) groups is 2. The summed E-state index contributed by atoms with van der Waals surface area (Å²) in [5, 5.41) is 12.0. The van der Waals surface area contributed by atoms with Gasteiger partial charge in [0.15, 0.2) is 18.1 Å². The Hall–Kier alpha value is -4.66. The van der Waals surface area contributed by atoms with Crippen LogP contribution in [0.3, 0.4) is 0 Å². The van der Waals surface area contributed by atoms with Crippen molar-refractivity contribution in [2.45, 2.75) is 32.9 Å². The zero-order chi connectivity index (χ0) is 28.7. The molecule has 3 N–H and O–H groups in total. The number of anilines is 1. The van der Waals surface area contributed by atoms with Crippen LogP contribution in [0.2, 0.25) is 0 Å². The van der Waals surface area contributed by atoms with Gasteiger partial charge in [0.2, 0.25) is 5.88 Å². The first kappa shape index (κ1) is 28.9. The summed E-state index contributed by atoms with van der Waals surface area (Å²) in [5.74, 6) is -2.16. The number of para-hydroxylation sites is 1. The van der Waals surface area contributed by atoms with E-state index in [9.17, 15) is 28.0 Å². The zero-order valence-corrected chi connectivity index (χ0v) is 21.3. The van der Waals surface area contributed by atoms with E-state index in [1.165, 1.54) is 31.2 Å². The molecule has 0 bridgehead atoms. The number of amides is 1. The lowest BCUT2D eigenvalue weighted by Crippen LogP contribution is -2.25. The SMILES string of the molecule is CCOC(=O)C1=C(C)OC(N)=C(C#N)C1c1ccc(OCC(=O)Nc2ccccc2C(F)(F)F)c(OCC)c1. The number of nitrogens with zero attached hydrogens (tertiary/aromatic N) is 1. The molecule has 1 heterocycles. The fourth-order valence-electron chi connectivity index (χ4n) is 3.95. The number of halogens is 3. The molecule has 9 nitrogen and oxygen atoms in total. The number of rotatable bonds is 9. The molecule has 1 amide bonds. The van der Waals surface area contributed by atoms with E-state index in [4.69, 9.17) is 24.7 Å². The molecule has 0 fully saturated rings. The zero-order valence-electron chi connectivity index (χ0n) is 21.3. The number of esters is 1. The molecule has 3 rings (SSSR count). The van der Waals surface area contributed by atoms with Gasteiger partial charge in [-0.25, -0.2) is 4.79 Å². The Bertz CT molecular complexity index is 1360. The van der Waals surface area contributed by atoms with Gasteiger partial charge in [-0.2, -0.15) is 18.4 Å². The number of alkyl halides is 3. The fourth-order valence-corrected chi connectivity index (χ4v) is 3.95. The second kappa shape index (κ2) is 12.3. The number of ether oxygens (including phenoxy) is 4. The first-order chi connectivity index (χ1) is 18.5. The van der Waals surface area contributed by atoms with Crippen molar-refractivity contribution in [1.29, 1.82) is 5.26 Å². The van der Waals surface area contributed by atoms with Crippen molar-refractivity contribution >= 4 is 17.6 Å². The number of hydrogen-bond acceptors (Lipinski definition) is 8. The third kappa shape index (κ3) is 6.62. The van der Waals surface area contributed by atoms with Crippen LogP contribution in [0.5, 0.6) is 11.5 Å². The van der Waals surface area contributed by atoms with Crippen molar-refractivity contribution in [1.82, 2.24) is 0 Å². The number of nitrogens with one attached hydrogen (secondary N) is 1. The summed E-state index contributed by atoms with van der Waals surface area (Å²) in [4.78, 5) is 25.2. The largest absolute Gasteiger partial charge is 0.490 e. The molecule has 0 saturated heterocycles. The van der Waals surface area contributed by atoms with E-state index in [0.29, 0.717) is 5.56 Å². The molecule has 1 atom stereocenters. The van der Waals surface area contributed by atoms with Gasteiger partial charge in [-0.3, -0.25) is 4.79 Å². The highest BCUT2D eigenvalue weighted by Gasteiger charge is 2.37. The summed E-state index contributed by atoms with van der Waals surface area (Å²) in [5.41, 5.74) is 5.04. The summed E-state index contributed by atoms with van der Waals surface area (Å²) in [7, 11) is 0. The molecule has 1 aliphatic heterocycles. The summed E-state index contributed by atoms with van der Waals surface area (Å²) in [6, 6.07) is 11.1. The maximum Gasteiger partial charge on any atom is 0.418 e. The van der Waals surface area contributed by atoms with Crippen molar-refractivity contribution < 1.29 is 41.7 Å². The number of allylic oxidation sites excluding steroid dienone is 2. The summed E-state index contributed by atoms with van der Waals surface area (Å²) in [6.45, 7) is 4.54.